The Labute approximate surface area is 139 Å². The number of nitrogens with one attached hydrogen (secondary N) is 2. The maximum atomic E-state index is 11.9. The zero-order valence-corrected chi connectivity index (χ0v) is 13.3. The molecule has 0 bridgehead atoms. The predicted molar refractivity (Wildman–Crippen MR) is 93.1 cm³/mol. The van der Waals surface area contributed by atoms with Crippen LogP contribution in [0.4, 0.5) is 0 Å². The van der Waals surface area contributed by atoms with Crippen molar-refractivity contribution in [2.75, 3.05) is 6.61 Å². The van der Waals surface area contributed by atoms with Crippen molar-refractivity contribution < 1.29 is 9.53 Å². The second-order valence-electron chi connectivity index (χ2n) is 5.58. The third kappa shape index (κ3) is 3.81. The smallest absolute Gasteiger partial charge is 0.258 e. The first-order valence-electron chi connectivity index (χ1n) is 7.69. The molecule has 1 amide bonds. The van der Waals surface area contributed by atoms with Gasteiger partial charge in [0, 0.05) is 17.6 Å². The molecule has 0 saturated heterocycles. The first-order valence-corrected chi connectivity index (χ1v) is 7.69. The number of aromatic nitrogens is 1. The molecule has 0 atom stereocenters. The molecule has 0 unspecified atom stereocenters. The van der Waals surface area contributed by atoms with Crippen LogP contribution in [0.5, 0.6) is 5.75 Å². The molecule has 0 aliphatic rings. The van der Waals surface area contributed by atoms with Crippen LogP contribution in [0.1, 0.15) is 11.1 Å². The molecular weight excluding hydrogens is 304 g/mol. The summed E-state index contributed by atoms with van der Waals surface area (Å²) in [7, 11) is 0. The maximum absolute atomic E-state index is 11.9. The van der Waals surface area contributed by atoms with Gasteiger partial charge in [0.2, 0.25) is 0 Å². The number of rotatable bonds is 5. The highest BCUT2D eigenvalue weighted by atomic mass is 16.5. The number of fused-ring (bicyclic) bond motifs is 1. The summed E-state index contributed by atoms with van der Waals surface area (Å²) in [5, 5.41) is 3.77. The van der Waals surface area contributed by atoms with Gasteiger partial charge in [-0.15, -0.1) is 0 Å². The van der Waals surface area contributed by atoms with Gasteiger partial charge in [-0.25, -0.2) is 0 Å². The Morgan fingerprint density at radius 2 is 1.92 bits per heavy atom. The number of carbonyl (C=O) groups is 1. The van der Waals surface area contributed by atoms with Crippen LogP contribution in [0.2, 0.25) is 0 Å². The standard InChI is InChI=1S/C19H18N2O3/c1-13-9-15-10-14(7-8-17(15)21-19(13)23)11-20-18(22)12-24-16-5-3-2-4-6-16/h2-10H,11-12H2,1H3,(H,20,22)(H,21,23). The van der Waals surface area contributed by atoms with Crippen LogP contribution in [-0.4, -0.2) is 17.5 Å². The van der Waals surface area contributed by atoms with Gasteiger partial charge in [-0.05, 0) is 48.2 Å². The maximum Gasteiger partial charge on any atom is 0.258 e. The molecule has 0 radical (unpaired) electrons. The molecule has 0 aliphatic carbocycles. The summed E-state index contributed by atoms with van der Waals surface area (Å²) in [5.74, 6) is 0.481. The molecule has 0 spiro atoms. The molecule has 24 heavy (non-hydrogen) atoms. The van der Waals surface area contributed by atoms with Crippen molar-refractivity contribution in [3.8, 4) is 5.75 Å². The molecule has 0 aliphatic heterocycles. The van der Waals surface area contributed by atoms with Crippen molar-refractivity contribution in [3.05, 3.63) is 76.1 Å². The number of pyridine rings is 1. The Morgan fingerprint density at radius 3 is 2.71 bits per heavy atom. The minimum absolute atomic E-state index is 0.0238. The highest BCUT2D eigenvalue weighted by Crippen LogP contribution is 2.13. The van der Waals surface area contributed by atoms with Crippen LogP contribution in [0.15, 0.2) is 59.4 Å². The van der Waals surface area contributed by atoms with Crippen molar-refractivity contribution in [2.24, 2.45) is 0 Å². The van der Waals surface area contributed by atoms with E-state index in [9.17, 15) is 9.59 Å². The molecular formula is C19H18N2O3. The second-order valence-corrected chi connectivity index (χ2v) is 5.58. The number of benzene rings is 2. The number of hydrogen-bond acceptors (Lipinski definition) is 3. The van der Waals surface area contributed by atoms with Gasteiger partial charge < -0.3 is 15.0 Å². The Kier molecular flexibility index (Phi) is 4.61. The number of para-hydroxylation sites is 1. The summed E-state index contributed by atoms with van der Waals surface area (Å²) in [6.45, 7) is 2.16. The molecule has 0 fully saturated rings. The van der Waals surface area contributed by atoms with E-state index >= 15 is 0 Å². The quantitative estimate of drug-likeness (QED) is 0.758. The zero-order valence-electron chi connectivity index (χ0n) is 13.3. The minimum Gasteiger partial charge on any atom is -0.484 e. The molecule has 5 nitrogen and oxygen atoms in total. The number of amides is 1. The number of carbonyl (C=O) groups excluding carboxylic acids is 1. The first-order chi connectivity index (χ1) is 11.6. The van der Waals surface area contributed by atoms with Gasteiger partial charge in [0.1, 0.15) is 5.75 Å². The van der Waals surface area contributed by atoms with Crippen LogP contribution >= 0.6 is 0 Å². The van der Waals surface area contributed by atoms with Crippen LogP contribution in [-0.2, 0) is 11.3 Å². The lowest BCUT2D eigenvalue weighted by molar-refractivity contribution is -0.123. The van der Waals surface area contributed by atoms with Crippen molar-refractivity contribution in [2.45, 2.75) is 13.5 Å². The van der Waals surface area contributed by atoms with E-state index in [1.807, 2.05) is 42.5 Å². The lowest BCUT2D eigenvalue weighted by Crippen LogP contribution is -2.28. The van der Waals surface area contributed by atoms with E-state index in [1.54, 1.807) is 19.1 Å². The molecule has 5 heteroatoms. The van der Waals surface area contributed by atoms with E-state index in [0.29, 0.717) is 17.9 Å². The van der Waals surface area contributed by atoms with E-state index in [0.717, 1.165) is 16.5 Å². The topological polar surface area (TPSA) is 71.2 Å². The summed E-state index contributed by atoms with van der Waals surface area (Å²) in [6, 6.07) is 16.7. The SMILES string of the molecule is Cc1cc2cc(CNC(=O)COc3ccccc3)ccc2[nH]c1=O. The number of H-pyrrole nitrogens is 1. The van der Waals surface area contributed by atoms with Crippen LogP contribution in [0, 0.1) is 6.92 Å². The van der Waals surface area contributed by atoms with Crippen LogP contribution in [0.3, 0.4) is 0 Å². The number of ether oxygens (including phenoxy) is 1. The van der Waals surface area contributed by atoms with E-state index in [2.05, 4.69) is 10.3 Å². The minimum atomic E-state index is -0.184. The first kappa shape index (κ1) is 15.8. The van der Waals surface area contributed by atoms with E-state index in [1.165, 1.54) is 0 Å². The van der Waals surface area contributed by atoms with Gasteiger partial charge in [0.25, 0.3) is 11.5 Å². The molecule has 0 saturated carbocycles. The fraction of sp³-hybridized carbons (Fsp3) is 0.158. The van der Waals surface area contributed by atoms with Gasteiger partial charge >= 0.3 is 0 Å². The van der Waals surface area contributed by atoms with Crippen LogP contribution < -0.4 is 15.6 Å². The summed E-state index contributed by atoms with van der Waals surface area (Å²) in [6.07, 6.45) is 0. The Hall–Kier alpha value is -3.08. The van der Waals surface area contributed by atoms with Crippen molar-refractivity contribution in [1.82, 2.24) is 10.3 Å². The molecule has 3 rings (SSSR count). The fourth-order valence-electron chi connectivity index (χ4n) is 2.39. The number of hydrogen-bond donors (Lipinski definition) is 2. The summed E-state index contributed by atoms with van der Waals surface area (Å²) >= 11 is 0. The van der Waals surface area contributed by atoms with Crippen LogP contribution in [0.25, 0.3) is 10.9 Å². The van der Waals surface area contributed by atoms with Gasteiger partial charge in [0.15, 0.2) is 6.61 Å². The lowest BCUT2D eigenvalue weighted by Gasteiger charge is -2.08. The highest BCUT2D eigenvalue weighted by Gasteiger charge is 2.04. The Morgan fingerprint density at radius 1 is 1.12 bits per heavy atom. The Balaban J connectivity index is 1.60. The van der Waals surface area contributed by atoms with E-state index in [4.69, 9.17) is 4.74 Å². The van der Waals surface area contributed by atoms with E-state index in [-0.39, 0.29) is 18.1 Å². The van der Waals surface area contributed by atoms with Crippen molar-refractivity contribution in [1.29, 1.82) is 0 Å². The monoisotopic (exact) mass is 322 g/mol. The average Bonchev–Trinajstić information content (AvgIpc) is 2.60. The fourth-order valence-corrected chi connectivity index (χ4v) is 2.39. The highest BCUT2D eigenvalue weighted by molar-refractivity contribution is 5.80. The van der Waals surface area contributed by atoms with Crippen molar-refractivity contribution >= 4 is 16.8 Å². The summed E-state index contributed by atoms with van der Waals surface area (Å²) in [4.78, 5) is 26.3. The summed E-state index contributed by atoms with van der Waals surface area (Å²) < 4.78 is 5.40. The normalized spacial score (nSPS) is 10.5. The summed E-state index contributed by atoms with van der Waals surface area (Å²) in [5.41, 5.74) is 2.33. The Bertz CT molecular complexity index is 917. The third-order valence-corrected chi connectivity index (χ3v) is 3.70. The molecule has 3 aromatic rings. The van der Waals surface area contributed by atoms with Gasteiger partial charge in [-0.1, -0.05) is 24.3 Å². The number of aromatic amines is 1. The lowest BCUT2D eigenvalue weighted by atomic mass is 10.1. The van der Waals surface area contributed by atoms with Gasteiger partial charge in [0.05, 0.1) is 0 Å². The van der Waals surface area contributed by atoms with Gasteiger partial charge in [-0.2, -0.15) is 0 Å². The number of aryl methyl sites for hydroxylation is 1. The van der Waals surface area contributed by atoms with Crippen molar-refractivity contribution in [3.63, 3.8) is 0 Å². The molecule has 1 aromatic heterocycles. The molecule has 1 heterocycles. The third-order valence-electron chi connectivity index (χ3n) is 3.70. The van der Waals surface area contributed by atoms with E-state index < -0.39 is 0 Å². The van der Waals surface area contributed by atoms with Gasteiger partial charge in [-0.3, -0.25) is 9.59 Å². The molecule has 2 N–H and O–H groups in total. The average molecular weight is 322 g/mol. The second kappa shape index (κ2) is 7.00. The largest absolute Gasteiger partial charge is 0.484 e. The predicted octanol–water partition coefficient (Wildman–Crippen LogP) is 2.53. The molecule has 2 aromatic carbocycles. The molecule has 122 valence electrons. The zero-order chi connectivity index (χ0) is 16.9.